The van der Waals surface area contributed by atoms with Gasteiger partial charge in [0.25, 0.3) is 0 Å². The Bertz CT molecular complexity index is 372. The molecule has 0 amide bonds. The van der Waals surface area contributed by atoms with Crippen molar-refractivity contribution in [3.8, 4) is 0 Å². The molecule has 2 unspecified atom stereocenters. The van der Waals surface area contributed by atoms with Crippen molar-refractivity contribution >= 4 is 11.6 Å². The minimum Gasteiger partial charge on any atom is -0.314 e. The molecule has 0 heterocycles. The summed E-state index contributed by atoms with van der Waals surface area (Å²) in [6.07, 6.45) is 5.65. The number of benzene rings is 1. The van der Waals surface area contributed by atoms with Crippen molar-refractivity contribution in [2.45, 2.75) is 45.1 Å². The average molecular weight is 270 g/mol. The Morgan fingerprint density at radius 1 is 1.33 bits per heavy atom. The predicted molar refractivity (Wildman–Crippen MR) is 74.5 cm³/mol. The molecule has 1 aromatic carbocycles. The van der Waals surface area contributed by atoms with Crippen molar-refractivity contribution < 1.29 is 4.39 Å². The first kappa shape index (κ1) is 13.8. The fourth-order valence-corrected chi connectivity index (χ4v) is 3.21. The van der Waals surface area contributed by atoms with E-state index < -0.39 is 0 Å². The molecule has 0 saturated heterocycles. The lowest BCUT2D eigenvalue weighted by atomic mass is 9.80. The van der Waals surface area contributed by atoms with E-state index in [1.807, 2.05) is 0 Å². The van der Waals surface area contributed by atoms with Crippen LogP contribution in [0.2, 0.25) is 5.02 Å². The summed E-state index contributed by atoms with van der Waals surface area (Å²) in [6.45, 7) is 3.11. The molecule has 1 saturated carbocycles. The molecule has 1 nitrogen and oxygen atoms in total. The summed E-state index contributed by atoms with van der Waals surface area (Å²) >= 11 is 6.11. The van der Waals surface area contributed by atoms with Crippen LogP contribution in [0.3, 0.4) is 0 Å². The second kappa shape index (κ2) is 6.53. The zero-order chi connectivity index (χ0) is 13.0. The summed E-state index contributed by atoms with van der Waals surface area (Å²) in [4.78, 5) is 0. The van der Waals surface area contributed by atoms with Crippen LogP contribution in [0.15, 0.2) is 18.2 Å². The molecule has 1 aromatic rings. The number of rotatable bonds is 4. The minimum absolute atomic E-state index is 0.164. The average Bonchev–Trinajstić information content (AvgIpc) is 2.36. The van der Waals surface area contributed by atoms with E-state index in [1.165, 1.54) is 31.7 Å². The number of halogens is 2. The Kier molecular flexibility index (Phi) is 5.02. The second-order valence-corrected chi connectivity index (χ2v) is 5.52. The van der Waals surface area contributed by atoms with E-state index in [-0.39, 0.29) is 5.82 Å². The summed E-state index contributed by atoms with van der Waals surface area (Å²) in [6, 6.07) is 5.47. The van der Waals surface area contributed by atoms with Gasteiger partial charge >= 0.3 is 0 Å². The zero-order valence-corrected chi connectivity index (χ0v) is 11.6. The van der Waals surface area contributed by atoms with Crippen LogP contribution in [0.25, 0.3) is 0 Å². The maximum atomic E-state index is 13.8. The largest absolute Gasteiger partial charge is 0.314 e. The van der Waals surface area contributed by atoms with Crippen molar-refractivity contribution in [1.82, 2.24) is 5.32 Å². The van der Waals surface area contributed by atoms with E-state index in [2.05, 4.69) is 12.2 Å². The fourth-order valence-electron chi connectivity index (χ4n) is 2.97. The molecule has 0 spiro atoms. The van der Waals surface area contributed by atoms with Gasteiger partial charge in [-0.05, 0) is 43.9 Å². The van der Waals surface area contributed by atoms with Gasteiger partial charge in [0.2, 0.25) is 0 Å². The van der Waals surface area contributed by atoms with Gasteiger partial charge in [-0.15, -0.1) is 0 Å². The summed E-state index contributed by atoms with van der Waals surface area (Å²) in [5.74, 6) is 0.344. The van der Waals surface area contributed by atoms with Gasteiger partial charge in [-0.1, -0.05) is 37.4 Å². The lowest BCUT2D eigenvalue weighted by Gasteiger charge is -2.32. The van der Waals surface area contributed by atoms with Crippen molar-refractivity contribution in [3.63, 3.8) is 0 Å². The predicted octanol–water partition coefficient (Wildman–Crippen LogP) is 4.19. The lowest BCUT2D eigenvalue weighted by molar-refractivity contribution is 0.262. The maximum Gasteiger partial charge on any atom is 0.127 e. The van der Waals surface area contributed by atoms with Crippen molar-refractivity contribution in [1.29, 1.82) is 0 Å². The molecular weight excluding hydrogens is 249 g/mol. The number of hydrogen-bond donors (Lipinski definition) is 1. The van der Waals surface area contributed by atoms with Crippen molar-refractivity contribution in [2.75, 3.05) is 6.54 Å². The first-order valence-electron chi connectivity index (χ1n) is 6.88. The van der Waals surface area contributed by atoms with E-state index in [1.54, 1.807) is 12.1 Å². The van der Waals surface area contributed by atoms with Crippen LogP contribution in [-0.4, -0.2) is 12.6 Å². The third-order valence-electron chi connectivity index (χ3n) is 3.90. The van der Waals surface area contributed by atoms with E-state index in [9.17, 15) is 4.39 Å². The van der Waals surface area contributed by atoms with Gasteiger partial charge < -0.3 is 5.32 Å². The Labute approximate surface area is 114 Å². The highest BCUT2D eigenvalue weighted by Crippen LogP contribution is 2.30. The fraction of sp³-hybridized carbons (Fsp3) is 0.600. The van der Waals surface area contributed by atoms with E-state index in [0.717, 1.165) is 13.0 Å². The van der Waals surface area contributed by atoms with Crippen LogP contribution in [0, 0.1) is 11.7 Å². The molecule has 0 aliphatic heterocycles. The molecule has 2 rings (SSSR count). The van der Waals surface area contributed by atoms with Gasteiger partial charge in [-0.25, -0.2) is 4.39 Å². The molecule has 18 heavy (non-hydrogen) atoms. The van der Waals surface area contributed by atoms with Gasteiger partial charge in [-0.2, -0.15) is 0 Å². The van der Waals surface area contributed by atoms with Gasteiger partial charge in [0.15, 0.2) is 0 Å². The van der Waals surface area contributed by atoms with Gasteiger partial charge in [0.05, 0.1) is 0 Å². The third kappa shape index (κ3) is 3.24. The molecule has 1 N–H and O–H groups in total. The maximum absolute atomic E-state index is 13.8. The number of hydrogen-bond acceptors (Lipinski definition) is 1. The minimum atomic E-state index is -0.164. The zero-order valence-electron chi connectivity index (χ0n) is 10.9. The molecule has 1 fully saturated rings. The Balaban J connectivity index is 2.11. The molecule has 0 bridgehead atoms. The van der Waals surface area contributed by atoms with E-state index in [4.69, 9.17) is 11.6 Å². The summed E-state index contributed by atoms with van der Waals surface area (Å²) < 4.78 is 13.8. The normalized spacial score (nSPS) is 24.2. The molecule has 1 aliphatic rings. The monoisotopic (exact) mass is 269 g/mol. The first-order chi connectivity index (χ1) is 8.72. The molecule has 1 aliphatic carbocycles. The standard InChI is InChI=1S/C15H21ClFN/c1-2-18-15-9-4-3-6-11(15)10-12-13(16)7-5-8-14(12)17/h5,7-8,11,15,18H,2-4,6,9-10H2,1H3. The number of nitrogens with one attached hydrogen (secondary N) is 1. The quantitative estimate of drug-likeness (QED) is 0.864. The highest BCUT2D eigenvalue weighted by molar-refractivity contribution is 6.31. The summed E-state index contributed by atoms with van der Waals surface area (Å²) in [5, 5.41) is 4.09. The van der Waals surface area contributed by atoms with Crippen LogP contribution in [-0.2, 0) is 6.42 Å². The van der Waals surface area contributed by atoms with Crippen molar-refractivity contribution in [2.24, 2.45) is 5.92 Å². The lowest BCUT2D eigenvalue weighted by Crippen LogP contribution is -2.39. The van der Waals surface area contributed by atoms with Crippen LogP contribution in [0.1, 0.15) is 38.2 Å². The van der Waals surface area contributed by atoms with Crippen LogP contribution < -0.4 is 5.32 Å². The highest BCUT2D eigenvalue weighted by atomic mass is 35.5. The molecule has 3 heteroatoms. The Hall–Kier alpha value is -0.600. The summed E-state index contributed by atoms with van der Waals surface area (Å²) in [5.41, 5.74) is 0.689. The van der Waals surface area contributed by atoms with E-state index >= 15 is 0 Å². The van der Waals surface area contributed by atoms with E-state index in [0.29, 0.717) is 22.5 Å². The van der Waals surface area contributed by atoms with Gasteiger partial charge in [0, 0.05) is 16.6 Å². The Morgan fingerprint density at radius 2 is 2.11 bits per heavy atom. The van der Waals surface area contributed by atoms with Crippen LogP contribution in [0.5, 0.6) is 0 Å². The smallest absolute Gasteiger partial charge is 0.127 e. The molecular formula is C15H21ClFN. The molecule has 0 aromatic heterocycles. The second-order valence-electron chi connectivity index (χ2n) is 5.11. The first-order valence-corrected chi connectivity index (χ1v) is 7.26. The summed E-state index contributed by atoms with van der Waals surface area (Å²) in [7, 11) is 0. The van der Waals surface area contributed by atoms with Gasteiger partial charge in [-0.3, -0.25) is 0 Å². The topological polar surface area (TPSA) is 12.0 Å². The third-order valence-corrected chi connectivity index (χ3v) is 4.26. The Morgan fingerprint density at radius 3 is 2.83 bits per heavy atom. The highest BCUT2D eigenvalue weighted by Gasteiger charge is 2.26. The molecule has 0 radical (unpaired) electrons. The molecule has 2 atom stereocenters. The van der Waals surface area contributed by atoms with Crippen LogP contribution in [0.4, 0.5) is 4.39 Å². The van der Waals surface area contributed by atoms with Crippen molar-refractivity contribution in [3.05, 3.63) is 34.6 Å². The SMILES string of the molecule is CCNC1CCCCC1Cc1c(F)cccc1Cl. The van der Waals surface area contributed by atoms with Gasteiger partial charge in [0.1, 0.15) is 5.82 Å². The molecule has 100 valence electrons. The van der Waals surface area contributed by atoms with Crippen LogP contribution >= 0.6 is 11.6 Å².